The van der Waals surface area contributed by atoms with Gasteiger partial charge in [0.15, 0.2) is 0 Å². The Kier molecular flexibility index (Phi) is 6.84. The van der Waals surface area contributed by atoms with Crippen LogP contribution in [0.4, 0.5) is 10.1 Å². The van der Waals surface area contributed by atoms with Crippen LogP contribution in [0.25, 0.3) is 11.1 Å². The molecule has 1 fully saturated rings. The highest BCUT2D eigenvalue weighted by atomic mass is 19.1. The van der Waals surface area contributed by atoms with Crippen molar-refractivity contribution in [2.24, 2.45) is 5.92 Å². The topological polar surface area (TPSA) is 51.1 Å². The number of nitrogens with zero attached hydrogens (tertiary/aromatic N) is 1. The molecular weight excluding hydrogens is 403 g/mol. The third kappa shape index (κ3) is 4.98. The van der Waals surface area contributed by atoms with Gasteiger partial charge in [0, 0.05) is 17.2 Å². The lowest BCUT2D eigenvalue weighted by Gasteiger charge is -2.19. The predicted octanol–water partition coefficient (Wildman–Crippen LogP) is 5.92. The largest absolute Gasteiger partial charge is 0.321 e. The summed E-state index contributed by atoms with van der Waals surface area (Å²) in [5.74, 6) is -0.434. The molecule has 1 aliphatic rings. The van der Waals surface area contributed by atoms with Crippen molar-refractivity contribution in [1.82, 2.24) is 4.57 Å². The molecule has 1 saturated carbocycles. The molecule has 1 aliphatic carbocycles. The minimum atomic E-state index is -0.313. The van der Waals surface area contributed by atoms with Gasteiger partial charge in [0.2, 0.25) is 5.91 Å². The average Bonchev–Trinajstić information content (AvgIpc) is 3.10. The molecule has 5 heteroatoms. The number of amides is 1. The minimum Gasteiger partial charge on any atom is -0.321 e. The fourth-order valence-corrected chi connectivity index (χ4v) is 4.49. The fraction of sp³-hybridized carbons (Fsp3) is 0.333. The van der Waals surface area contributed by atoms with Crippen LogP contribution in [0.1, 0.15) is 49.8 Å². The Hall–Kier alpha value is -3.21. The number of halogens is 1. The molecule has 0 radical (unpaired) electrons. The van der Waals surface area contributed by atoms with Crippen molar-refractivity contribution in [2.45, 2.75) is 52.0 Å². The summed E-state index contributed by atoms with van der Waals surface area (Å²) < 4.78 is 15.0. The molecule has 32 heavy (non-hydrogen) atoms. The summed E-state index contributed by atoms with van der Waals surface area (Å²) in [7, 11) is 0. The van der Waals surface area contributed by atoms with Gasteiger partial charge in [-0.05, 0) is 49.1 Å². The zero-order valence-corrected chi connectivity index (χ0v) is 18.4. The van der Waals surface area contributed by atoms with Crippen LogP contribution in [0, 0.1) is 18.7 Å². The maximum absolute atomic E-state index is 13.4. The van der Waals surface area contributed by atoms with E-state index in [9.17, 15) is 14.0 Å². The van der Waals surface area contributed by atoms with Crippen LogP contribution in [0.3, 0.4) is 0 Å². The van der Waals surface area contributed by atoms with Crippen LogP contribution >= 0.6 is 0 Å². The monoisotopic (exact) mass is 432 g/mol. The number of nitrogens with one attached hydrogen (secondary N) is 1. The molecule has 1 N–H and O–H groups in total. The van der Waals surface area contributed by atoms with Crippen molar-refractivity contribution in [1.29, 1.82) is 0 Å². The molecule has 4 nitrogen and oxygen atoms in total. The van der Waals surface area contributed by atoms with Crippen molar-refractivity contribution in [3.05, 3.63) is 88.1 Å². The van der Waals surface area contributed by atoms with E-state index >= 15 is 0 Å². The van der Waals surface area contributed by atoms with Crippen molar-refractivity contribution < 1.29 is 9.18 Å². The Bertz CT molecular complexity index is 1130. The molecule has 2 aromatic carbocycles. The predicted molar refractivity (Wildman–Crippen MR) is 126 cm³/mol. The first-order chi connectivity index (χ1) is 15.5. The van der Waals surface area contributed by atoms with Crippen LogP contribution in [0.15, 0.2) is 65.5 Å². The van der Waals surface area contributed by atoms with E-state index in [-0.39, 0.29) is 23.2 Å². The number of carbonyl (C=O) groups excluding carboxylic acids is 1. The maximum Gasteiger partial charge on any atom is 0.274 e. The number of aromatic nitrogens is 1. The summed E-state index contributed by atoms with van der Waals surface area (Å²) in [5.41, 5.74) is 3.55. The maximum atomic E-state index is 13.4. The highest BCUT2D eigenvalue weighted by molar-refractivity contribution is 5.93. The van der Waals surface area contributed by atoms with Crippen LogP contribution in [-0.2, 0) is 11.3 Å². The Morgan fingerprint density at radius 3 is 2.31 bits per heavy atom. The lowest BCUT2D eigenvalue weighted by atomic mass is 9.99. The van der Waals surface area contributed by atoms with Gasteiger partial charge < -0.3 is 9.88 Å². The molecule has 0 unspecified atom stereocenters. The van der Waals surface area contributed by atoms with Gasteiger partial charge in [0.25, 0.3) is 5.56 Å². The van der Waals surface area contributed by atoms with Crippen LogP contribution < -0.4 is 10.9 Å². The first-order valence-electron chi connectivity index (χ1n) is 11.4. The van der Waals surface area contributed by atoms with Crippen LogP contribution in [0.5, 0.6) is 0 Å². The summed E-state index contributed by atoms with van der Waals surface area (Å²) in [6.07, 6.45) is 6.17. The van der Waals surface area contributed by atoms with Gasteiger partial charge in [-0.15, -0.1) is 0 Å². The normalized spacial score (nSPS) is 14.7. The molecule has 0 aliphatic heterocycles. The van der Waals surface area contributed by atoms with Gasteiger partial charge in [-0.1, -0.05) is 68.1 Å². The molecule has 4 rings (SSSR count). The average molecular weight is 433 g/mol. The Morgan fingerprint density at radius 2 is 1.66 bits per heavy atom. The molecule has 0 atom stereocenters. The quantitative estimate of drug-likeness (QED) is 0.509. The summed E-state index contributed by atoms with van der Waals surface area (Å²) in [6.45, 7) is 2.21. The van der Waals surface area contributed by atoms with E-state index in [4.69, 9.17) is 0 Å². The van der Waals surface area contributed by atoms with E-state index in [1.807, 2.05) is 37.3 Å². The summed E-state index contributed by atoms with van der Waals surface area (Å²) in [6, 6.07) is 17.8. The van der Waals surface area contributed by atoms with Crippen LogP contribution in [0.2, 0.25) is 0 Å². The zero-order valence-electron chi connectivity index (χ0n) is 18.4. The smallest absolute Gasteiger partial charge is 0.274 e. The van der Waals surface area contributed by atoms with E-state index in [1.54, 1.807) is 22.8 Å². The standard InChI is InChI=1S/C27H29FN2O2/c1-19-24(21-9-7-4-8-10-21)17-25(29-26(31)22-11-5-2-3-6-12-22)27(32)30(19)18-20-13-15-23(28)16-14-20/h4,7-10,13-17,22H,2-3,5-6,11-12,18H2,1H3,(H,29,31). The van der Waals surface area contributed by atoms with E-state index in [0.29, 0.717) is 12.2 Å². The van der Waals surface area contributed by atoms with Gasteiger partial charge in [0.1, 0.15) is 11.5 Å². The zero-order chi connectivity index (χ0) is 22.5. The second kappa shape index (κ2) is 9.94. The molecule has 0 saturated heterocycles. The molecule has 166 valence electrons. The molecule has 1 heterocycles. The molecule has 0 bridgehead atoms. The van der Waals surface area contributed by atoms with Gasteiger partial charge in [-0.2, -0.15) is 0 Å². The molecule has 1 aromatic heterocycles. The number of hydrogen-bond donors (Lipinski definition) is 1. The number of rotatable bonds is 5. The first-order valence-corrected chi connectivity index (χ1v) is 11.4. The summed E-state index contributed by atoms with van der Waals surface area (Å²) in [5, 5.41) is 2.95. The SMILES string of the molecule is Cc1c(-c2ccccc2)cc(NC(=O)C2CCCCCC2)c(=O)n1Cc1ccc(F)cc1. The van der Waals surface area contributed by atoms with Gasteiger partial charge >= 0.3 is 0 Å². The number of anilines is 1. The second-order valence-corrected chi connectivity index (χ2v) is 8.62. The molecule has 1 amide bonds. The first kappa shape index (κ1) is 22.0. The van der Waals surface area contributed by atoms with Gasteiger partial charge in [0.05, 0.1) is 6.54 Å². The highest BCUT2D eigenvalue weighted by Gasteiger charge is 2.22. The van der Waals surface area contributed by atoms with Gasteiger partial charge in [-0.3, -0.25) is 9.59 Å². The molecule has 0 spiro atoms. The lowest BCUT2D eigenvalue weighted by molar-refractivity contribution is -0.120. The van der Waals surface area contributed by atoms with Gasteiger partial charge in [-0.25, -0.2) is 4.39 Å². The number of hydrogen-bond acceptors (Lipinski definition) is 2. The van der Waals surface area contributed by atoms with E-state index < -0.39 is 0 Å². The third-order valence-corrected chi connectivity index (χ3v) is 6.38. The fourth-order valence-electron chi connectivity index (χ4n) is 4.49. The van der Waals surface area contributed by atoms with E-state index in [0.717, 1.165) is 60.9 Å². The Balaban J connectivity index is 1.74. The van der Waals surface area contributed by atoms with Crippen molar-refractivity contribution in [3.63, 3.8) is 0 Å². The number of pyridine rings is 1. The molecule has 3 aromatic rings. The minimum absolute atomic E-state index is 0.0519. The van der Waals surface area contributed by atoms with E-state index in [2.05, 4.69) is 5.32 Å². The third-order valence-electron chi connectivity index (χ3n) is 6.38. The molecular formula is C27H29FN2O2. The lowest BCUT2D eigenvalue weighted by Crippen LogP contribution is -2.31. The summed E-state index contributed by atoms with van der Waals surface area (Å²) in [4.78, 5) is 26.4. The highest BCUT2D eigenvalue weighted by Crippen LogP contribution is 2.27. The summed E-state index contributed by atoms with van der Waals surface area (Å²) >= 11 is 0. The van der Waals surface area contributed by atoms with Crippen LogP contribution in [-0.4, -0.2) is 10.5 Å². The Morgan fingerprint density at radius 1 is 1.00 bits per heavy atom. The van der Waals surface area contributed by atoms with Crippen molar-refractivity contribution in [2.75, 3.05) is 5.32 Å². The second-order valence-electron chi connectivity index (χ2n) is 8.62. The van der Waals surface area contributed by atoms with Crippen molar-refractivity contribution in [3.8, 4) is 11.1 Å². The Labute approximate surface area is 188 Å². The number of benzene rings is 2. The number of carbonyl (C=O) groups is 1. The van der Waals surface area contributed by atoms with Crippen molar-refractivity contribution >= 4 is 11.6 Å². The van der Waals surface area contributed by atoms with E-state index in [1.165, 1.54) is 12.1 Å².